The molecule has 0 amide bonds. The van der Waals surface area contributed by atoms with Gasteiger partial charge in [-0.1, -0.05) is 0 Å². The van der Waals surface area contributed by atoms with Crippen molar-refractivity contribution in [2.24, 2.45) is 10.9 Å². The molecule has 0 aromatic heterocycles. The van der Waals surface area contributed by atoms with Crippen molar-refractivity contribution in [3.8, 4) is 0 Å². The van der Waals surface area contributed by atoms with E-state index in [1.165, 1.54) is 0 Å². The lowest BCUT2D eigenvalue weighted by Gasteiger charge is -2.33. The van der Waals surface area contributed by atoms with Crippen LogP contribution in [-0.2, 0) is 24.3 Å². The highest BCUT2D eigenvalue weighted by Gasteiger charge is 2.27. The van der Waals surface area contributed by atoms with Gasteiger partial charge in [-0.3, -0.25) is 9.79 Å². The first-order valence-electron chi connectivity index (χ1n) is 10.7. The Kier molecular flexibility index (Phi) is 13.1. The second-order valence-electron chi connectivity index (χ2n) is 7.40. The summed E-state index contributed by atoms with van der Waals surface area (Å²) in [5.74, 6) is 0.433. The number of guanidine groups is 1. The van der Waals surface area contributed by atoms with E-state index in [1.54, 1.807) is 0 Å². The molecule has 2 fully saturated rings. The van der Waals surface area contributed by atoms with E-state index in [9.17, 15) is 13.2 Å². The van der Waals surface area contributed by atoms with Crippen molar-refractivity contribution in [2.45, 2.75) is 52.1 Å². The van der Waals surface area contributed by atoms with Crippen molar-refractivity contribution in [2.75, 3.05) is 51.7 Å². The number of nitrogens with one attached hydrogen (secondary N) is 2. The largest absolute Gasteiger partial charge is 0.466 e. The second kappa shape index (κ2) is 14.4. The van der Waals surface area contributed by atoms with Gasteiger partial charge in [0.25, 0.3) is 0 Å². The predicted molar refractivity (Wildman–Crippen MR) is 128 cm³/mol. The van der Waals surface area contributed by atoms with Crippen LogP contribution in [0.2, 0.25) is 0 Å². The highest BCUT2D eigenvalue weighted by Crippen LogP contribution is 2.18. The van der Waals surface area contributed by atoms with Crippen LogP contribution in [0.3, 0.4) is 0 Å². The summed E-state index contributed by atoms with van der Waals surface area (Å²) in [4.78, 5) is 18.5. The molecule has 2 aliphatic rings. The Morgan fingerprint density at radius 1 is 1.20 bits per heavy atom. The van der Waals surface area contributed by atoms with Crippen LogP contribution >= 0.6 is 24.0 Å². The molecule has 9 nitrogen and oxygen atoms in total. The van der Waals surface area contributed by atoms with Crippen molar-refractivity contribution in [1.29, 1.82) is 0 Å². The fourth-order valence-electron chi connectivity index (χ4n) is 3.55. The number of nitrogens with zero attached hydrogens (tertiary/aromatic N) is 2. The number of piperidine rings is 1. The number of sulfonamides is 1. The van der Waals surface area contributed by atoms with Gasteiger partial charge in [0.15, 0.2) is 5.96 Å². The number of halogens is 1. The highest BCUT2D eigenvalue weighted by atomic mass is 127. The molecule has 1 unspecified atom stereocenters. The van der Waals surface area contributed by atoms with Gasteiger partial charge >= 0.3 is 5.97 Å². The van der Waals surface area contributed by atoms with Gasteiger partial charge in [-0.2, -0.15) is 0 Å². The van der Waals surface area contributed by atoms with Gasteiger partial charge < -0.3 is 19.7 Å². The van der Waals surface area contributed by atoms with Crippen molar-refractivity contribution >= 4 is 45.9 Å². The van der Waals surface area contributed by atoms with Crippen LogP contribution in [0.5, 0.6) is 0 Å². The van der Waals surface area contributed by atoms with E-state index < -0.39 is 10.0 Å². The van der Waals surface area contributed by atoms with Gasteiger partial charge in [-0.15, -0.1) is 24.0 Å². The molecule has 2 rings (SSSR count). The molecule has 176 valence electrons. The molecule has 30 heavy (non-hydrogen) atoms. The van der Waals surface area contributed by atoms with Crippen molar-refractivity contribution < 1.29 is 22.7 Å². The highest BCUT2D eigenvalue weighted by molar-refractivity contribution is 14.0. The quantitative estimate of drug-likeness (QED) is 0.190. The van der Waals surface area contributed by atoms with E-state index in [0.29, 0.717) is 58.2 Å². The van der Waals surface area contributed by atoms with Gasteiger partial charge in [0, 0.05) is 32.8 Å². The lowest BCUT2D eigenvalue weighted by molar-refractivity contribution is -0.149. The van der Waals surface area contributed by atoms with Crippen LogP contribution in [0.4, 0.5) is 0 Å². The molecule has 11 heteroatoms. The Morgan fingerprint density at radius 3 is 2.53 bits per heavy atom. The summed E-state index contributed by atoms with van der Waals surface area (Å²) in [5, 5.41) is 3.22. The molecule has 0 saturated carbocycles. The van der Waals surface area contributed by atoms with Gasteiger partial charge in [0.05, 0.1) is 30.9 Å². The van der Waals surface area contributed by atoms with Gasteiger partial charge in [0.1, 0.15) is 0 Å². The average molecular weight is 560 g/mol. The number of carbonyl (C=O) groups excluding carboxylic acids is 1. The molecule has 0 aromatic rings. The second-order valence-corrected chi connectivity index (χ2v) is 9.33. The Morgan fingerprint density at radius 2 is 1.93 bits per heavy atom. The number of esters is 1. The summed E-state index contributed by atoms with van der Waals surface area (Å²) in [7, 11) is -3.39. The summed E-state index contributed by atoms with van der Waals surface area (Å²) in [6, 6.07) is 0. The van der Waals surface area contributed by atoms with Crippen LogP contribution in [0, 0.1) is 5.92 Å². The molecule has 2 aliphatic heterocycles. The Bertz CT molecular complexity index is 633. The molecule has 0 radical (unpaired) electrons. The third-order valence-electron chi connectivity index (χ3n) is 5.18. The van der Waals surface area contributed by atoms with Crippen molar-refractivity contribution in [3.63, 3.8) is 0 Å². The number of likely N-dealkylation sites (tertiary alicyclic amines) is 1. The van der Waals surface area contributed by atoms with Crippen LogP contribution in [0.15, 0.2) is 4.99 Å². The third-order valence-corrected chi connectivity index (χ3v) is 6.50. The minimum absolute atomic E-state index is 0. The number of carbonyl (C=O) groups is 1. The molecule has 0 aliphatic carbocycles. The van der Waals surface area contributed by atoms with Crippen LogP contribution in [0.1, 0.15) is 46.0 Å². The van der Waals surface area contributed by atoms with Crippen LogP contribution in [0.25, 0.3) is 0 Å². The summed E-state index contributed by atoms with van der Waals surface area (Å²) in [5.41, 5.74) is 0. The minimum Gasteiger partial charge on any atom is -0.466 e. The zero-order valence-electron chi connectivity index (χ0n) is 18.1. The van der Waals surface area contributed by atoms with E-state index >= 15 is 0 Å². The minimum atomic E-state index is -3.39. The number of aliphatic imine (C=N–C) groups is 1. The maximum Gasteiger partial charge on any atom is 0.309 e. The normalized spacial score (nSPS) is 21.1. The van der Waals surface area contributed by atoms with Crippen LogP contribution < -0.4 is 10.0 Å². The Hall–Kier alpha value is -0.660. The SMILES string of the molecule is CCNC(=NCCS(=O)(=O)NCC1CCCCO1)N1CCC(C(=O)OCC)CC1.I. The first kappa shape index (κ1) is 27.4. The van der Waals surface area contributed by atoms with Crippen LogP contribution in [-0.4, -0.2) is 83.0 Å². The number of rotatable bonds is 9. The van der Waals surface area contributed by atoms with E-state index in [1.807, 2.05) is 13.8 Å². The molecule has 0 spiro atoms. The molecule has 2 heterocycles. The molecule has 2 N–H and O–H groups in total. The standard InChI is InChI=1S/C19H36N4O5S.HI/c1-3-20-19(23-11-8-16(9-12-23)18(24)27-4-2)21-10-14-29(25,26)22-15-17-7-5-6-13-28-17;/h16-17,22H,3-15H2,1-2H3,(H,20,21);1H. The molecule has 2 saturated heterocycles. The molecular weight excluding hydrogens is 523 g/mol. The fraction of sp³-hybridized carbons (Fsp3) is 0.895. The molecule has 0 aromatic carbocycles. The van der Waals surface area contributed by atoms with E-state index in [4.69, 9.17) is 9.47 Å². The lowest BCUT2D eigenvalue weighted by Crippen LogP contribution is -2.47. The predicted octanol–water partition coefficient (Wildman–Crippen LogP) is 1.33. The maximum absolute atomic E-state index is 12.2. The van der Waals surface area contributed by atoms with E-state index in [0.717, 1.165) is 19.3 Å². The molecule has 0 bridgehead atoms. The molecule has 1 atom stereocenters. The first-order valence-corrected chi connectivity index (χ1v) is 12.4. The van der Waals surface area contributed by atoms with Gasteiger partial charge in [-0.25, -0.2) is 13.1 Å². The summed E-state index contributed by atoms with van der Waals surface area (Å²) >= 11 is 0. The third kappa shape index (κ3) is 9.65. The Labute approximate surface area is 197 Å². The summed E-state index contributed by atoms with van der Waals surface area (Å²) in [6.45, 7) is 7.49. The summed E-state index contributed by atoms with van der Waals surface area (Å²) < 4.78 is 37.8. The molecular formula is C19H37IN4O5S. The number of hydrogen-bond donors (Lipinski definition) is 2. The van der Waals surface area contributed by atoms with E-state index in [-0.39, 0.29) is 54.3 Å². The number of ether oxygens (including phenoxy) is 2. The Balaban J connectivity index is 0.00000450. The van der Waals surface area contributed by atoms with Gasteiger partial charge in [0.2, 0.25) is 10.0 Å². The fourth-order valence-corrected chi connectivity index (χ4v) is 4.46. The number of hydrogen-bond acceptors (Lipinski definition) is 6. The smallest absolute Gasteiger partial charge is 0.309 e. The van der Waals surface area contributed by atoms with Crippen molar-refractivity contribution in [1.82, 2.24) is 14.9 Å². The first-order chi connectivity index (χ1) is 13.9. The lowest BCUT2D eigenvalue weighted by atomic mass is 9.97. The summed E-state index contributed by atoms with van der Waals surface area (Å²) in [6.07, 6.45) is 4.42. The van der Waals surface area contributed by atoms with Gasteiger partial charge in [-0.05, 0) is 46.0 Å². The zero-order chi connectivity index (χ0) is 21.1. The topological polar surface area (TPSA) is 109 Å². The van der Waals surface area contributed by atoms with Crippen molar-refractivity contribution in [3.05, 3.63) is 0 Å². The zero-order valence-corrected chi connectivity index (χ0v) is 21.2. The monoisotopic (exact) mass is 560 g/mol. The maximum atomic E-state index is 12.2. The average Bonchev–Trinajstić information content (AvgIpc) is 2.73. The van der Waals surface area contributed by atoms with E-state index in [2.05, 4.69) is 19.9 Å².